The molecule has 4 rings (SSSR count). The molecule has 0 aliphatic carbocycles. The van der Waals surface area contributed by atoms with Crippen LogP contribution in [0, 0.1) is 0 Å². The van der Waals surface area contributed by atoms with Gasteiger partial charge in [0.25, 0.3) is 20.2 Å². The molecule has 4 aromatic rings. The van der Waals surface area contributed by atoms with E-state index in [4.69, 9.17) is 9.81 Å². The number of phenols is 1. The van der Waals surface area contributed by atoms with Crippen molar-refractivity contribution < 1.29 is 45.7 Å². The maximum Gasteiger partial charge on any atom is 0.297 e. The second kappa shape index (κ2) is 12.7. The molecule has 0 aliphatic rings. The summed E-state index contributed by atoms with van der Waals surface area (Å²) in [5.41, 5.74) is 0.458. The molecule has 0 bridgehead atoms. The molecule has 39 heavy (non-hydrogen) atoms. The second-order valence-corrected chi connectivity index (χ2v) is 11.3. The molecule has 0 atom stereocenters. The molecule has 0 saturated heterocycles. The number of nitrogens with one attached hydrogen (secondary N) is 1. The topological polar surface area (TPSA) is 204 Å². The van der Waals surface area contributed by atoms with Crippen LogP contribution in [-0.2, 0) is 29.6 Å². The van der Waals surface area contributed by atoms with Gasteiger partial charge in [0.05, 0.1) is 23.2 Å². The van der Waals surface area contributed by atoms with Crippen LogP contribution in [0.15, 0.2) is 80.7 Å². The summed E-state index contributed by atoms with van der Waals surface area (Å²) in [6.07, 6.45) is 0.715. The molecule has 16 heteroatoms. The number of aromatic hydroxyl groups is 1. The number of nitrogens with zero attached hydrogens (tertiary/aromatic N) is 2. The number of fused-ring (bicyclic) bond motifs is 2. The Kier molecular flexibility index (Phi) is 9.81. The third kappa shape index (κ3) is 7.84. The maximum absolute atomic E-state index is 12.2. The number of hydrogen-bond donors (Lipinski definition) is 5. The second-order valence-electron chi connectivity index (χ2n) is 7.77. The number of benzene rings is 4. The minimum absolute atomic E-state index is 0.0608. The lowest BCUT2D eigenvalue weighted by molar-refractivity contribution is -0.432. The fourth-order valence-electron chi connectivity index (χ4n) is 3.63. The van der Waals surface area contributed by atoms with Gasteiger partial charge in [-0.05, 0) is 35.9 Å². The van der Waals surface area contributed by atoms with E-state index in [1.54, 1.807) is 54.6 Å². The van der Waals surface area contributed by atoms with E-state index in [0.717, 1.165) is 0 Å². The zero-order valence-corrected chi connectivity index (χ0v) is 22.8. The zero-order chi connectivity index (χ0) is 28.8. The quantitative estimate of drug-likeness (QED) is 0.0543. The van der Waals surface area contributed by atoms with Crippen LogP contribution in [0.5, 0.6) is 5.75 Å². The third-order valence-electron chi connectivity index (χ3n) is 4.97. The van der Waals surface area contributed by atoms with Gasteiger partial charge < -0.3 is 10.4 Å². The molecule has 0 aliphatic heterocycles. The summed E-state index contributed by atoms with van der Waals surface area (Å²) in [5.74, 6) is -0.254. The van der Waals surface area contributed by atoms with Crippen molar-refractivity contribution in [1.82, 2.24) is 0 Å². The van der Waals surface area contributed by atoms with Crippen LogP contribution in [0.25, 0.3) is 21.5 Å². The van der Waals surface area contributed by atoms with Gasteiger partial charge in [0.1, 0.15) is 16.3 Å². The molecule has 4 aromatic carbocycles. The summed E-state index contributed by atoms with van der Waals surface area (Å²) < 4.78 is 64.6. The lowest BCUT2D eigenvalue weighted by Gasteiger charge is -2.13. The largest absolute Gasteiger partial charge is 0.505 e. The monoisotopic (exact) mass is 597 g/mol. The molecule has 0 saturated carbocycles. The van der Waals surface area contributed by atoms with Crippen molar-refractivity contribution in [2.24, 2.45) is 10.2 Å². The standard InChI is InChI=1S/C22H19N3O7S2.CH4O3S/c1-2-23-16-9-5-7-14-12-18(33-32-31-27)20(21(26)19(14)16)25-24-17-11-10-13-6-3-4-8-15(13)22(17)34(28,29)30;1-5(2,3)4/h3-12,23,26-27H,2H2,1H3,(H,28,29,30);1H3,(H,2,3,4). The average molecular weight is 598 g/mol. The molecular weight excluding hydrogens is 574 g/mol. The molecule has 5 N–H and O–H groups in total. The molecule has 0 fully saturated rings. The van der Waals surface area contributed by atoms with Gasteiger partial charge in [0, 0.05) is 23.0 Å². The van der Waals surface area contributed by atoms with Crippen molar-refractivity contribution in [1.29, 1.82) is 0 Å². The van der Waals surface area contributed by atoms with Crippen LogP contribution in [0.2, 0.25) is 0 Å². The highest BCUT2D eigenvalue weighted by Crippen LogP contribution is 2.46. The smallest absolute Gasteiger partial charge is 0.297 e. The van der Waals surface area contributed by atoms with Crippen molar-refractivity contribution in [3.63, 3.8) is 0 Å². The molecular formula is C23H23N3O10S3. The predicted octanol–water partition coefficient (Wildman–Crippen LogP) is 5.72. The normalized spacial score (nSPS) is 12.0. The number of phenolic OH excluding ortho intramolecular Hbond substituents is 1. The van der Waals surface area contributed by atoms with Crippen molar-refractivity contribution in [3.8, 4) is 5.75 Å². The Labute approximate surface area is 227 Å². The lowest BCUT2D eigenvalue weighted by atomic mass is 10.1. The van der Waals surface area contributed by atoms with Crippen LogP contribution < -0.4 is 5.32 Å². The fourth-order valence-corrected chi connectivity index (χ4v) is 4.97. The van der Waals surface area contributed by atoms with Gasteiger partial charge >= 0.3 is 0 Å². The summed E-state index contributed by atoms with van der Waals surface area (Å²) >= 11 is 0.569. The minimum atomic E-state index is -4.66. The first-order chi connectivity index (χ1) is 18.3. The Hall–Kier alpha value is -3.35. The van der Waals surface area contributed by atoms with Gasteiger partial charge in [-0.1, -0.05) is 47.5 Å². The van der Waals surface area contributed by atoms with Crippen LogP contribution in [0.4, 0.5) is 17.1 Å². The van der Waals surface area contributed by atoms with E-state index < -0.39 is 25.1 Å². The van der Waals surface area contributed by atoms with E-state index in [0.29, 0.717) is 46.7 Å². The Morgan fingerprint density at radius 3 is 2.26 bits per heavy atom. The van der Waals surface area contributed by atoms with Crippen molar-refractivity contribution in [3.05, 3.63) is 60.7 Å². The fraction of sp³-hybridized carbons (Fsp3) is 0.130. The van der Waals surface area contributed by atoms with Crippen LogP contribution in [0.3, 0.4) is 0 Å². The van der Waals surface area contributed by atoms with E-state index in [1.807, 2.05) is 6.92 Å². The van der Waals surface area contributed by atoms with Crippen molar-refractivity contribution >= 4 is 70.9 Å². The van der Waals surface area contributed by atoms with Gasteiger partial charge in [-0.15, -0.1) is 14.6 Å². The van der Waals surface area contributed by atoms with Crippen LogP contribution >= 0.6 is 12.0 Å². The first kappa shape index (κ1) is 30.2. The predicted molar refractivity (Wildman–Crippen MR) is 146 cm³/mol. The molecule has 208 valence electrons. The Bertz CT molecular complexity index is 1740. The third-order valence-corrected chi connectivity index (χ3v) is 6.54. The number of hydrogen-bond acceptors (Lipinski definition) is 12. The summed E-state index contributed by atoms with van der Waals surface area (Å²) in [6.45, 7) is 2.51. The van der Waals surface area contributed by atoms with E-state index in [-0.39, 0.29) is 27.4 Å². The number of azo groups is 1. The molecule has 0 aromatic heterocycles. The summed E-state index contributed by atoms with van der Waals surface area (Å²) in [6, 6.07) is 16.6. The number of rotatable bonds is 8. The highest BCUT2D eigenvalue weighted by molar-refractivity contribution is 7.94. The van der Waals surface area contributed by atoms with E-state index in [1.165, 1.54) is 6.07 Å². The first-order valence-corrected chi connectivity index (χ1v) is 14.9. The average Bonchev–Trinajstić information content (AvgIpc) is 2.85. The Morgan fingerprint density at radius 2 is 1.62 bits per heavy atom. The van der Waals surface area contributed by atoms with Crippen LogP contribution in [-0.4, -0.2) is 49.1 Å². The van der Waals surface area contributed by atoms with Gasteiger partial charge in [-0.25, -0.2) is 5.26 Å². The summed E-state index contributed by atoms with van der Waals surface area (Å²) in [7, 11) is -8.32. The molecule has 0 amide bonds. The maximum atomic E-state index is 12.2. The Balaban J connectivity index is 0.000000771. The molecule has 0 radical (unpaired) electrons. The van der Waals surface area contributed by atoms with Gasteiger partial charge in [0.15, 0.2) is 5.75 Å². The summed E-state index contributed by atoms with van der Waals surface area (Å²) in [5, 5.41) is 36.6. The van der Waals surface area contributed by atoms with E-state index in [2.05, 4.69) is 24.9 Å². The molecule has 0 heterocycles. The van der Waals surface area contributed by atoms with Crippen molar-refractivity contribution in [2.45, 2.75) is 16.7 Å². The lowest BCUT2D eigenvalue weighted by Crippen LogP contribution is -1.99. The van der Waals surface area contributed by atoms with Gasteiger partial charge in [-0.2, -0.15) is 16.8 Å². The minimum Gasteiger partial charge on any atom is -0.505 e. The highest BCUT2D eigenvalue weighted by Gasteiger charge is 2.21. The Morgan fingerprint density at radius 1 is 0.949 bits per heavy atom. The van der Waals surface area contributed by atoms with E-state index >= 15 is 0 Å². The summed E-state index contributed by atoms with van der Waals surface area (Å²) in [4.78, 5) is -0.183. The number of anilines is 1. The van der Waals surface area contributed by atoms with Crippen LogP contribution in [0.1, 0.15) is 6.92 Å². The van der Waals surface area contributed by atoms with Gasteiger partial charge in [0.2, 0.25) is 0 Å². The molecule has 13 nitrogen and oxygen atoms in total. The highest BCUT2D eigenvalue weighted by atomic mass is 32.2. The zero-order valence-electron chi connectivity index (χ0n) is 20.3. The first-order valence-electron chi connectivity index (χ1n) is 10.9. The molecule has 0 unspecified atom stereocenters. The molecule has 0 spiro atoms. The van der Waals surface area contributed by atoms with Gasteiger partial charge in [-0.3, -0.25) is 9.11 Å². The van der Waals surface area contributed by atoms with Crippen molar-refractivity contribution in [2.75, 3.05) is 18.1 Å². The van der Waals surface area contributed by atoms with E-state index in [9.17, 15) is 26.5 Å². The SMILES string of the molecule is CCNc1cccc2cc(SOOO)c(N=Nc3ccc4ccccc4c3S(=O)(=O)O)c(O)c12.CS(=O)(=O)O.